The summed E-state index contributed by atoms with van der Waals surface area (Å²) in [6.07, 6.45) is -0.489. The maximum atomic E-state index is 12.4. The lowest BCUT2D eigenvalue weighted by atomic mass is 10.1. The second-order valence-electron chi connectivity index (χ2n) is 4.67. The maximum Gasteiger partial charge on any atom is 0.256 e. The summed E-state index contributed by atoms with van der Waals surface area (Å²) in [7, 11) is 1.58. The van der Waals surface area contributed by atoms with E-state index in [0.29, 0.717) is 6.04 Å². The van der Waals surface area contributed by atoms with Gasteiger partial charge in [0.25, 0.3) is 5.91 Å². The molecular formula is C14H20N2O2. The van der Waals surface area contributed by atoms with Crippen molar-refractivity contribution >= 4 is 5.91 Å². The number of amides is 1. The highest BCUT2D eigenvalue weighted by molar-refractivity contribution is 5.82. The average molecular weight is 248 g/mol. The first-order valence-corrected chi connectivity index (χ1v) is 6.32. The zero-order valence-electron chi connectivity index (χ0n) is 10.9. The van der Waals surface area contributed by atoms with Crippen LogP contribution in [0.15, 0.2) is 30.3 Å². The molecule has 1 aliphatic rings. The first kappa shape index (κ1) is 13.1. The van der Waals surface area contributed by atoms with E-state index < -0.39 is 6.10 Å². The summed E-state index contributed by atoms with van der Waals surface area (Å²) in [5.41, 5.74) is 0.913. The largest absolute Gasteiger partial charge is 0.367 e. The van der Waals surface area contributed by atoms with Gasteiger partial charge in [-0.1, -0.05) is 30.3 Å². The van der Waals surface area contributed by atoms with Crippen LogP contribution in [0.2, 0.25) is 0 Å². The molecule has 1 saturated heterocycles. The second kappa shape index (κ2) is 5.98. The number of hydrogen-bond donors (Lipinski definition) is 1. The molecule has 98 valence electrons. The number of benzene rings is 1. The number of nitrogens with zero attached hydrogens (tertiary/aromatic N) is 1. The summed E-state index contributed by atoms with van der Waals surface area (Å²) in [5, 5.41) is 3.33. The minimum atomic E-state index is -0.489. The summed E-state index contributed by atoms with van der Waals surface area (Å²) >= 11 is 0. The predicted octanol–water partition coefficient (Wildman–Crippen LogP) is 1.19. The Morgan fingerprint density at radius 2 is 2.17 bits per heavy atom. The van der Waals surface area contributed by atoms with E-state index >= 15 is 0 Å². The molecule has 18 heavy (non-hydrogen) atoms. The van der Waals surface area contributed by atoms with Crippen molar-refractivity contribution in [3.8, 4) is 0 Å². The summed E-state index contributed by atoms with van der Waals surface area (Å²) in [5.74, 6) is 0.0528. The Hall–Kier alpha value is -1.39. The van der Waals surface area contributed by atoms with Crippen LogP contribution in [-0.2, 0) is 9.53 Å². The normalized spacial score (nSPS) is 21.7. The van der Waals surface area contributed by atoms with Gasteiger partial charge in [-0.25, -0.2) is 0 Å². The smallest absolute Gasteiger partial charge is 0.256 e. The third-order valence-electron chi connectivity index (χ3n) is 3.24. The second-order valence-corrected chi connectivity index (χ2v) is 4.67. The molecule has 0 bridgehead atoms. The highest BCUT2D eigenvalue weighted by Crippen LogP contribution is 2.19. The predicted molar refractivity (Wildman–Crippen MR) is 70.2 cm³/mol. The van der Waals surface area contributed by atoms with Crippen LogP contribution < -0.4 is 5.32 Å². The molecule has 2 rings (SSSR count). The van der Waals surface area contributed by atoms with E-state index in [0.717, 1.165) is 25.2 Å². The van der Waals surface area contributed by atoms with E-state index in [1.165, 1.54) is 0 Å². The Morgan fingerprint density at radius 1 is 1.44 bits per heavy atom. The van der Waals surface area contributed by atoms with Crippen LogP contribution in [0.3, 0.4) is 0 Å². The van der Waals surface area contributed by atoms with E-state index in [9.17, 15) is 4.79 Å². The van der Waals surface area contributed by atoms with Gasteiger partial charge in [0.15, 0.2) is 6.10 Å². The van der Waals surface area contributed by atoms with Crippen LogP contribution in [-0.4, -0.2) is 43.6 Å². The lowest BCUT2D eigenvalue weighted by molar-refractivity contribution is -0.143. The zero-order valence-corrected chi connectivity index (χ0v) is 10.9. The van der Waals surface area contributed by atoms with E-state index in [2.05, 4.69) is 12.2 Å². The highest BCUT2D eigenvalue weighted by Gasteiger charge is 2.28. The molecule has 1 N–H and O–H groups in total. The first-order chi connectivity index (χ1) is 8.72. The molecule has 0 aromatic heterocycles. The number of carbonyl (C=O) groups is 1. The van der Waals surface area contributed by atoms with Gasteiger partial charge in [0.05, 0.1) is 0 Å². The third kappa shape index (κ3) is 2.89. The molecule has 1 heterocycles. The van der Waals surface area contributed by atoms with Crippen molar-refractivity contribution in [2.24, 2.45) is 0 Å². The van der Waals surface area contributed by atoms with Crippen LogP contribution in [0.5, 0.6) is 0 Å². The molecule has 4 heteroatoms. The van der Waals surface area contributed by atoms with Gasteiger partial charge in [0.2, 0.25) is 0 Å². The molecule has 1 amide bonds. The van der Waals surface area contributed by atoms with Gasteiger partial charge in [-0.2, -0.15) is 0 Å². The number of rotatable bonds is 3. The van der Waals surface area contributed by atoms with Gasteiger partial charge in [0.1, 0.15) is 0 Å². The average Bonchev–Trinajstić information content (AvgIpc) is 2.41. The van der Waals surface area contributed by atoms with Gasteiger partial charge in [-0.05, 0) is 12.5 Å². The molecule has 1 fully saturated rings. The fraction of sp³-hybridized carbons (Fsp3) is 0.500. The number of methoxy groups -OCH3 is 1. The van der Waals surface area contributed by atoms with Crippen LogP contribution >= 0.6 is 0 Å². The zero-order chi connectivity index (χ0) is 13.0. The lowest BCUT2D eigenvalue weighted by Crippen LogP contribution is -2.52. The van der Waals surface area contributed by atoms with Crippen LogP contribution in [0.25, 0.3) is 0 Å². The Balaban J connectivity index is 2.10. The molecule has 4 nitrogen and oxygen atoms in total. The molecular weight excluding hydrogens is 228 g/mol. The Bertz CT molecular complexity index is 394. The van der Waals surface area contributed by atoms with Gasteiger partial charge < -0.3 is 15.0 Å². The third-order valence-corrected chi connectivity index (χ3v) is 3.24. The number of hydrogen-bond acceptors (Lipinski definition) is 3. The van der Waals surface area contributed by atoms with E-state index in [-0.39, 0.29) is 5.91 Å². The van der Waals surface area contributed by atoms with Crippen LogP contribution in [0, 0.1) is 0 Å². The van der Waals surface area contributed by atoms with Crippen molar-refractivity contribution in [3.63, 3.8) is 0 Å². The first-order valence-electron chi connectivity index (χ1n) is 6.32. The Kier molecular flexibility index (Phi) is 4.33. The van der Waals surface area contributed by atoms with Gasteiger partial charge in [-0.15, -0.1) is 0 Å². The summed E-state index contributed by atoms with van der Waals surface area (Å²) in [6.45, 7) is 4.42. The maximum absolute atomic E-state index is 12.4. The molecule has 0 spiro atoms. The summed E-state index contributed by atoms with van der Waals surface area (Å²) < 4.78 is 5.38. The lowest BCUT2D eigenvalue weighted by Gasteiger charge is -2.34. The van der Waals surface area contributed by atoms with Gasteiger partial charge >= 0.3 is 0 Å². The van der Waals surface area contributed by atoms with Crippen molar-refractivity contribution in [2.75, 3.05) is 26.7 Å². The van der Waals surface area contributed by atoms with Crippen molar-refractivity contribution in [2.45, 2.75) is 19.1 Å². The van der Waals surface area contributed by atoms with E-state index in [4.69, 9.17) is 4.74 Å². The standard InChI is InChI=1S/C14H20N2O2/c1-11-10-16(9-8-15-11)14(17)13(18-2)12-6-4-3-5-7-12/h3-7,11,13,15H,8-10H2,1-2H3/t11-,13?/m0/s1. The number of nitrogens with one attached hydrogen (secondary N) is 1. The van der Waals surface area contributed by atoms with Crippen molar-refractivity contribution in [3.05, 3.63) is 35.9 Å². The minimum Gasteiger partial charge on any atom is -0.367 e. The Labute approximate surface area is 108 Å². The fourth-order valence-electron chi connectivity index (χ4n) is 2.31. The molecule has 0 radical (unpaired) electrons. The topological polar surface area (TPSA) is 41.6 Å². The quantitative estimate of drug-likeness (QED) is 0.873. The van der Waals surface area contributed by atoms with Crippen molar-refractivity contribution in [1.29, 1.82) is 0 Å². The SMILES string of the molecule is COC(C(=O)N1CCN[C@@H](C)C1)c1ccccc1. The number of ether oxygens (including phenoxy) is 1. The molecule has 0 saturated carbocycles. The molecule has 1 aromatic rings. The summed E-state index contributed by atoms with van der Waals surface area (Å²) in [4.78, 5) is 14.3. The molecule has 2 atom stereocenters. The number of carbonyl (C=O) groups excluding carboxylic acids is 1. The van der Waals surface area contributed by atoms with Crippen molar-refractivity contribution < 1.29 is 9.53 Å². The van der Waals surface area contributed by atoms with Gasteiger partial charge in [-0.3, -0.25) is 4.79 Å². The van der Waals surface area contributed by atoms with Crippen LogP contribution in [0.4, 0.5) is 0 Å². The van der Waals surface area contributed by atoms with Crippen molar-refractivity contribution in [1.82, 2.24) is 10.2 Å². The molecule has 1 aromatic carbocycles. The van der Waals surface area contributed by atoms with E-state index in [1.807, 2.05) is 35.2 Å². The summed E-state index contributed by atoms with van der Waals surface area (Å²) in [6, 6.07) is 9.99. The fourth-order valence-corrected chi connectivity index (χ4v) is 2.31. The van der Waals surface area contributed by atoms with Crippen LogP contribution in [0.1, 0.15) is 18.6 Å². The minimum absolute atomic E-state index is 0.0528. The van der Waals surface area contributed by atoms with Gasteiger partial charge in [0, 0.05) is 32.8 Å². The van der Waals surface area contributed by atoms with E-state index in [1.54, 1.807) is 7.11 Å². The molecule has 1 unspecified atom stereocenters. The Morgan fingerprint density at radius 3 is 2.78 bits per heavy atom. The monoisotopic (exact) mass is 248 g/mol. The highest BCUT2D eigenvalue weighted by atomic mass is 16.5. The molecule has 1 aliphatic heterocycles. The molecule has 0 aliphatic carbocycles. The number of piperazine rings is 1.